The van der Waals surface area contributed by atoms with Gasteiger partial charge in [0.25, 0.3) is 0 Å². The summed E-state index contributed by atoms with van der Waals surface area (Å²) >= 11 is 1.43. The third-order valence-corrected chi connectivity index (χ3v) is 4.94. The number of amides is 1. The lowest BCUT2D eigenvalue weighted by molar-refractivity contribution is -0.119. The van der Waals surface area contributed by atoms with Crippen LogP contribution >= 0.6 is 11.8 Å². The number of hydrogen-bond acceptors (Lipinski definition) is 4. The minimum absolute atomic E-state index is 0.0844. The second-order valence-electron chi connectivity index (χ2n) is 5.57. The van der Waals surface area contributed by atoms with Gasteiger partial charge in [-0.3, -0.25) is 4.79 Å². The van der Waals surface area contributed by atoms with Crippen LogP contribution in [0.15, 0.2) is 35.5 Å². The lowest BCUT2D eigenvalue weighted by Gasteiger charge is -2.11. The summed E-state index contributed by atoms with van der Waals surface area (Å²) in [5, 5.41) is 12.3. The molecule has 1 fully saturated rings. The molecule has 1 aliphatic rings. The van der Waals surface area contributed by atoms with Crippen molar-refractivity contribution in [1.82, 2.24) is 20.1 Å². The van der Waals surface area contributed by atoms with Crippen LogP contribution in [0.25, 0.3) is 11.4 Å². The van der Waals surface area contributed by atoms with Crippen molar-refractivity contribution in [3.63, 3.8) is 0 Å². The van der Waals surface area contributed by atoms with Crippen LogP contribution in [0.3, 0.4) is 0 Å². The molecule has 0 radical (unpaired) electrons. The molecule has 0 bridgehead atoms. The molecule has 22 heavy (non-hydrogen) atoms. The van der Waals surface area contributed by atoms with E-state index in [0.717, 1.165) is 29.4 Å². The maximum Gasteiger partial charge on any atom is 0.230 e. The molecule has 1 aromatic carbocycles. The third kappa shape index (κ3) is 3.50. The van der Waals surface area contributed by atoms with E-state index in [0.29, 0.717) is 11.8 Å². The van der Waals surface area contributed by atoms with Gasteiger partial charge in [-0.25, -0.2) is 0 Å². The molecule has 0 unspecified atom stereocenters. The average Bonchev–Trinajstić information content (AvgIpc) is 3.16. The van der Waals surface area contributed by atoms with Gasteiger partial charge in [0, 0.05) is 18.7 Å². The summed E-state index contributed by atoms with van der Waals surface area (Å²) in [7, 11) is 1.93. The van der Waals surface area contributed by atoms with E-state index in [2.05, 4.69) is 15.5 Å². The highest BCUT2D eigenvalue weighted by Gasteiger charge is 2.18. The first-order valence-corrected chi connectivity index (χ1v) is 8.59. The van der Waals surface area contributed by atoms with Crippen molar-refractivity contribution in [3.8, 4) is 11.4 Å². The minimum Gasteiger partial charge on any atom is -0.353 e. The van der Waals surface area contributed by atoms with Gasteiger partial charge in [0.2, 0.25) is 5.91 Å². The van der Waals surface area contributed by atoms with Crippen LogP contribution in [-0.4, -0.2) is 32.5 Å². The zero-order chi connectivity index (χ0) is 15.4. The summed E-state index contributed by atoms with van der Waals surface area (Å²) in [6.45, 7) is 0. The Bertz CT molecular complexity index is 635. The van der Waals surface area contributed by atoms with Crippen molar-refractivity contribution in [1.29, 1.82) is 0 Å². The first-order chi connectivity index (χ1) is 10.7. The molecule has 0 saturated heterocycles. The highest BCUT2D eigenvalue weighted by atomic mass is 32.2. The monoisotopic (exact) mass is 316 g/mol. The Morgan fingerprint density at radius 2 is 2.00 bits per heavy atom. The zero-order valence-corrected chi connectivity index (χ0v) is 13.5. The normalized spacial score (nSPS) is 15.1. The van der Waals surface area contributed by atoms with Crippen LogP contribution in [0.2, 0.25) is 0 Å². The van der Waals surface area contributed by atoms with E-state index in [1.54, 1.807) is 0 Å². The fourth-order valence-electron chi connectivity index (χ4n) is 2.75. The smallest absolute Gasteiger partial charge is 0.230 e. The van der Waals surface area contributed by atoms with Crippen LogP contribution in [0, 0.1) is 0 Å². The lowest BCUT2D eigenvalue weighted by Crippen LogP contribution is -2.33. The number of nitrogens with zero attached hydrogens (tertiary/aromatic N) is 3. The number of nitrogens with one attached hydrogen (secondary N) is 1. The Labute approximate surface area is 134 Å². The molecule has 6 heteroatoms. The van der Waals surface area contributed by atoms with Gasteiger partial charge in [-0.1, -0.05) is 54.9 Å². The first-order valence-electron chi connectivity index (χ1n) is 7.61. The Hall–Kier alpha value is -1.82. The van der Waals surface area contributed by atoms with E-state index in [1.165, 1.54) is 24.6 Å². The number of hydrogen-bond donors (Lipinski definition) is 1. The van der Waals surface area contributed by atoms with E-state index < -0.39 is 0 Å². The molecular weight excluding hydrogens is 296 g/mol. The van der Waals surface area contributed by atoms with Crippen LogP contribution in [0.4, 0.5) is 0 Å². The molecule has 0 atom stereocenters. The topological polar surface area (TPSA) is 59.8 Å². The van der Waals surface area contributed by atoms with E-state index in [4.69, 9.17) is 0 Å². The molecule has 2 aromatic rings. The van der Waals surface area contributed by atoms with Crippen LogP contribution in [-0.2, 0) is 11.8 Å². The van der Waals surface area contributed by atoms with Gasteiger partial charge in [-0.2, -0.15) is 0 Å². The zero-order valence-electron chi connectivity index (χ0n) is 12.7. The Kier molecular flexibility index (Phi) is 4.77. The fourth-order valence-corrected chi connectivity index (χ4v) is 3.47. The van der Waals surface area contributed by atoms with Crippen molar-refractivity contribution < 1.29 is 4.79 Å². The van der Waals surface area contributed by atoms with Crippen molar-refractivity contribution in [2.45, 2.75) is 36.9 Å². The highest BCUT2D eigenvalue weighted by Crippen LogP contribution is 2.22. The molecule has 1 aliphatic carbocycles. The SMILES string of the molecule is Cn1c(SCC(=O)NC2CCCC2)nnc1-c1ccccc1. The van der Waals surface area contributed by atoms with Crippen molar-refractivity contribution >= 4 is 17.7 Å². The number of aromatic nitrogens is 3. The quantitative estimate of drug-likeness (QED) is 0.862. The minimum atomic E-state index is 0.0844. The molecular formula is C16H20N4OS. The fraction of sp³-hybridized carbons (Fsp3) is 0.438. The predicted molar refractivity (Wildman–Crippen MR) is 87.6 cm³/mol. The van der Waals surface area contributed by atoms with Gasteiger partial charge >= 0.3 is 0 Å². The first kappa shape index (κ1) is 15.1. The van der Waals surface area contributed by atoms with Gasteiger partial charge in [-0.05, 0) is 12.8 Å². The predicted octanol–water partition coefficient (Wildman–Crippen LogP) is 2.63. The Balaban J connectivity index is 1.59. The molecule has 3 rings (SSSR count). The molecule has 0 aliphatic heterocycles. The number of carbonyl (C=O) groups is 1. The van der Waals surface area contributed by atoms with E-state index >= 15 is 0 Å². The summed E-state index contributed by atoms with van der Waals surface area (Å²) in [6.07, 6.45) is 4.67. The summed E-state index contributed by atoms with van der Waals surface area (Å²) in [5.74, 6) is 1.29. The molecule has 1 saturated carbocycles. The maximum absolute atomic E-state index is 12.0. The second kappa shape index (κ2) is 6.96. The summed E-state index contributed by atoms with van der Waals surface area (Å²) in [5.41, 5.74) is 1.03. The number of benzene rings is 1. The van der Waals surface area contributed by atoms with Gasteiger partial charge in [0.15, 0.2) is 11.0 Å². The van der Waals surface area contributed by atoms with E-state index in [9.17, 15) is 4.79 Å². The molecule has 116 valence electrons. The van der Waals surface area contributed by atoms with E-state index in [-0.39, 0.29) is 5.91 Å². The third-order valence-electron chi connectivity index (χ3n) is 3.92. The molecule has 0 spiro atoms. The molecule has 1 aromatic heterocycles. The van der Waals surface area contributed by atoms with Gasteiger partial charge in [0.1, 0.15) is 0 Å². The standard InChI is InChI=1S/C16H20N4OS/c1-20-15(12-7-3-2-4-8-12)18-19-16(20)22-11-14(21)17-13-9-5-6-10-13/h2-4,7-8,13H,5-6,9-11H2,1H3,(H,17,21). The van der Waals surface area contributed by atoms with Gasteiger partial charge in [0.05, 0.1) is 5.75 Å². The van der Waals surface area contributed by atoms with Crippen LogP contribution in [0.5, 0.6) is 0 Å². The second-order valence-corrected chi connectivity index (χ2v) is 6.51. The van der Waals surface area contributed by atoms with Crippen LogP contribution in [0.1, 0.15) is 25.7 Å². The highest BCUT2D eigenvalue weighted by molar-refractivity contribution is 7.99. The summed E-state index contributed by atoms with van der Waals surface area (Å²) < 4.78 is 1.93. The van der Waals surface area contributed by atoms with Crippen LogP contribution < -0.4 is 5.32 Å². The van der Waals surface area contributed by atoms with Gasteiger partial charge in [-0.15, -0.1) is 10.2 Å². The number of rotatable bonds is 5. The summed E-state index contributed by atoms with van der Waals surface area (Å²) in [6, 6.07) is 10.3. The lowest BCUT2D eigenvalue weighted by atomic mass is 10.2. The van der Waals surface area contributed by atoms with Crippen molar-refractivity contribution in [2.75, 3.05) is 5.75 Å². The average molecular weight is 316 g/mol. The molecule has 1 heterocycles. The molecule has 1 amide bonds. The summed E-state index contributed by atoms with van der Waals surface area (Å²) in [4.78, 5) is 12.0. The maximum atomic E-state index is 12.0. The van der Waals surface area contributed by atoms with E-state index in [1.807, 2.05) is 41.9 Å². The Morgan fingerprint density at radius 3 is 2.73 bits per heavy atom. The van der Waals surface area contributed by atoms with Crippen molar-refractivity contribution in [2.24, 2.45) is 7.05 Å². The molecule has 5 nitrogen and oxygen atoms in total. The van der Waals surface area contributed by atoms with Gasteiger partial charge < -0.3 is 9.88 Å². The van der Waals surface area contributed by atoms with Crippen molar-refractivity contribution in [3.05, 3.63) is 30.3 Å². The number of thioether (sulfide) groups is 1. The number of carbonyl (C=O) groups excluding carboxylic acids is 1. The molecule has 1 N–H and O–H groups in total. The largest absolute Gasteiger partial charge is 0.353 e. The Morgan fingerprint density at radius 1 is 1.27 bits per heavy atom.